The highest BCUT2D eigenvalue weighted by atomic mass is 16.5. The number of benzene rings is 1. The number of rotatable bonds is 4. The fourth-order valence-electron chi connectivity index (χ4n) is 1.15. The lowest BCUT2D eigenvalue weighted by Crippen LogP contribution is -2.10. The van der Waals surface area contributed by atoms with Crippen molar-refractivity contribution in [2.45, 2.75) is 39.9 Å². The predicted octanol–water partition coefficient (Wildman–Crippen LogP) is 3.26. The zero-order valence-corrected chi connectivity index (χ0v) is 9.28. The molecule has 0 heterocycles. The topological polar surface area (TPSA) is 18.5 Å². The standard InChI is InChI=1S/C12H18O2/c1-9(2)13-11-7-5-6-8-12(11)14-10(3)4/h5-10H,1-4H3. The van der Waals surface area contributed by atoms with Crippen LogP contribution >= 0.6 is 0 Å². The second-order valence-electron chi connectivity index (χ2n) is 3.78. The molecule has 0 amide bonds. The first kappa shape index (κ1) is 10.9. The van der Waals surface area contributed by atoms with E-state index in [1.54, 1.807) is 0 Å². The van der Waals surface area contributed by atoms with E-state index < -0.39 is 0 Å². The Labute approximate surface area is 85.8 Å². The van der Waals surface area contributed by atoms with Crippen molar-refractivity contribution in [2.75, 3.05) is 0 Å². The predicted molar refractivity (Wildman–Crippen MR) is 58.0 cm³/mol. The largest absolute Gasteiger partial charge is 0.487 e. The third-order valence-corrected chi connectivity index (χ3v) is 1.57. The highest BCUT2D eigenvalue weighted by Crippen LogP contribution is 2.28. The van der Waals surface area contributed by atoms with Gasteiger partial charge in [-0.3, -0.25) is 0 Å². The smallest absolute Gasteiger partial charge is 0.161 e. The average molecular weight is 194 g/mol. The summed E-state index contributed by atoms with van der Waals surface area (Å²) in [5, 5.41) is 0. The second-order valence-corrected chi connectivity index (χ2v) is 3.78. The van der Waals surface area contributed by atoms with Gasteiger partial charge in [-0.1, -0.05) is 12.1 Å². The summed E-state index contributed by atoms with van der Waals surface area (Å²) in [5.74, 6) is 1.63. The molecule has 0 aliphatic rings. The van der Waals surface area contributed by atoms with Gasteiger partial charge >= 0.3 is 0 Å². The Kier molecular flexibility index (Phi) is 3.81. The number of hydrogen-bond donors (Lipinski definition) is 0. The lowest BCUT2D eigenvalue weighted by atomic mass is 10.3. The van der Waals surface area contributed by atoms with Gasteiger partial charge in [-0.2, -0.15) is 0 Å². The Bertz CT molecular complexity index is 250. The monoisotopic (exact) mass is 194 g/mol. The zero-order chi connectivity index (χ0) is 10.6. The molecule has 0 fully saturated rings. The third-order valence-electron chi connectivity index (χ3n) is 1.57. The minimum atomic E-state index is 0.173. The van der Waals surface area contributed by atoms with E-state index in [9.17, 15) is 0 Å². The Balaban J connectivity index is 2.80. The molecule has 1 aromatic carbocycles. The van der Waals surface area contributed by atoms with E-state index in [2.05, 4.69) is 0 Å². The van der Waals surface area contributed by atoms with Crippen molar-refractivity contribution in [1.29, 1.82) is 0 Å². The Hall–Kier alpha value is -1.18. The molecule has 0 spiro atoms. The van der Waals surface area contributed by atoms with Crippen molar-refractivity contribution in [3.63, 3.8) is 0 Å². The third kappa shape index (κ3) is 3.29. The minimum Gasteiger partial charge on any atom is -0.487 e. The van der Waals surface area contributed by atoms with Crippen LogP contribution in [0.25, 0.3) is 0 Å². The SMILES string of the molecule is CC(C)Oc1ccccc1OC(C)C. The van der Waals surface area contributed by atoms with Crippen LogP contribution in [0.1, 0.15) is 27.7 Å². The summed E-state index contributed by atoms with van der Waals surface area (Å²) in [5.41, 5.74) is 0. The maximum atomic E-state index is 5.62. The van der Waals surface area contributed by atoms with E-state index >= 15 is 0 Å². The van der Waals surface area contributed by atoms with Crippen LogP contribution in [0.4, 0.5) is 0 Å². The molecule has 0 aliphatic carbocycles. The van der Waals surface area contributed by atoms with Crippen molar-refractivity contribution in [1.82, 2.24) is 0 Å². The molecule has 0 bridgehead atoms. The summed E-state index contributed by atoms with van der Waals surface area (Å²) < 4.78 is 11.2. The van der Waals surface area contributed by atoms with Crippen LogP contribution in [-0.2, 0) is 0 Å². The van der Waals surface area contributed by atoms with Crippen molar-refractivity contribution in [3.8, 4) is 11.5 Å². The first-order chi connectivity index (χ1) is 6.59. The maximum absolute atomic E-state index is 5.62. The highest BCUT2D eigenvalue weighted by Gasteiger charge is 2.06. The van der Waals surface area contributed by atoms with E-state index in [4.69, 9.17) is 9.47 Å². The lowest BCUT2D eigenvalue weighted by Gasteiger charge is -2.16. The van der Waals surface area contributed by atoms with E-state index in [0.717, 1.165) is 11.5 Å². The Morgan fingerprint density at radius 2 is 1.14 bits per heavy atom. The fourth-order valence-corrected chi connectivity index (χ4v) is 1.15. The van der Waals surface area contributed by atoms with Gasteiger partial charge in [0.05, 0.1) is 12.2 Å². The van der Waals surface area contributed by atoms with Gasteiger partial charge < -0.3 is 9.47 Å². The van der Waals surface area contributed by atoms with Crippen LogP contribution in [0, 0.1) is 0 Å². The van der Waals surface area contributed by atoms with Gasteiger partial charge in [-0.25, -0.2) is 0 Å². The molecule has 0 aromatic heterocycles. The zero-order valence-electron chi connectivity index (χ0n) is 9.28. The summed E-state index contributed by atoms with van der Waals surface area (Å²) in [7, 11) is 0. The number of para-hydroxylation sites is 2. The Morgan fingerprint density at radius 3 is 1.43 bits per heavy atom. The van der Waals surface area contributed by atoms with Crippen LogP contribution in [0.5, 0.6) is 11.5 Å². The van der Waals surface area contributed by atoms with Crippen LogP contribution in [0.2, 0.25) is 0 Å². The molecule has 0 atom stereocenters. The number of hydrogen-bond acceptors (Lipinski definition) is 2. The van der Waals surface area contributed by atoms with E-state index in [-0.39, 0.29) is 12.2 Å². The molecule has 2 heteroatoms. The quantitative estimate of drug-likeness (QED) is 0.732. The van der Waals surface area contributed by atoms with Gasteiger partial charge in [0.2, 0.25) is 0 Å². The molecule has 0 N–H and O–H groups in total. The van der Waals surface area contributed by atoms with Gasteiger partial charge in [0.1, 0.15) is 0 Å². The van der Waals surface area contributed by atoms with Gasteiger partial charge in [-0.05, 0) is 39.8 Å². The molecule has 0 saturated carbocycles. The molecular weight excluding hydrogens is 176 g/mol. The summed E-state index contributed by atoms with van der Waals surface area (Å²) in [6.45, 7) is 8.02. The van der Waals surface area contributed by atoms with E-state index in [0.29, 0.717) is 0 Å². The molecule has 78 valence electrons. The summed E-state index contributed by atoms with van der Waals surface area (Å²) in [6.07, 6.45) is 0.346. The fraction of sp³-hybridized carbons (Fsp3) is 0.500. The normalized spacial score (nSPS) is 10.7. The molecular formula is C12H18O2. The van der Waals surface area contributed by atoms with Crippen LogP contribution in [-0.4, -0.2) is 12.2 Å². The van der Waals surface area contributed by atoms with E-state index in [1.165, 1.54) is 0 Å². The molecule has 0 saturated heterocycles. The molecule has 0 aliphatic heterocycles. The molecule has 1 rings (SSSR count). The van der Waals surface area contributed by atoms with Gasteiger partial charge in [0.15, 0.2) is 11.5 Å². The van der Waals surface area contributed by atoms with Crippen molar-refractivity contribution in [3.05, 3.63) is 24.3 Å². The van der Waals surface area contributed by atoms with Crippen molar-refractivity contribution >= 4 is 0 Å². The average Bonchev–Trinajstić information content (AvgIpc) is 2.06. The summed E-state index contributed by atoms with van der Waals surface area (Å²) in [6, 6.07) is 7.76. The minimum absolute atomic E-state index is 0.173. The molecule has 0 radical (unpaired) electrons. The summed E-state index contributed by atoms with van der Waals surface area (Å²) in [4.78, 5) is 0. The molecule has 14 heavy (non-hydrogen) atoms. The molecule has 2 nitrogen and oxygen atoms in total. The van der Waals surface area contributed by atoms with Gasteiger partial charge in [0.25, 0.3) is 0 Å². The highest BCUT2D eigenvalue weighted by molar-refractivity contribution is 5.39. The van der Waals surface area contributed by atoms with Crippen LogP contribution in [0.15, 0.2) is 24.3 Å². The molecule has 1 aromatic rings. The Morgan fingerprint density at radius 1 is 0.786 bits per heavy atom. The van der Waals surface area contributed by atoms with E-state index in [1.807, 2.05) is 52.0 Å². The molecule has 0 unspecified atom stereocenters. The number of ether oxygens (including phenoxy) is 2. The van der Waals surface area contributed by atoms with Crippen molar-refractivity contribution < 1.29 is 9.47 Å². The van der Waals surface area contributed by atoms with Gasteiger partial charge in [-0.15, -0.1) is 0 Å². The second kappa shape index (κ2) is 4.89. The summed E-state index contributed by atoms with van der Waals surface area (Å²) >= 11 is 0. The van der Waals surface area contributed by atoms with Crippen LogP contribution in [0.3, 0.4) is 0 Å². The lowest BCUT2D eigenvalue weighted by molar-refractivity contribution is 0.199. The van der Waals surface area contributed by atoms with Crippen molar-refractivity contribution in [2.24, 2.45) is 0 Å². The van der Waals surface area contributed by atoms with Gasteiger partial charge in [0, 0.05) is 0 Å². The first-order valence-corrected chi connectivity index (χ1v) is 5.02. The first-order valence-electron chi connectivity index (χ1n) is 5.02. The van der Waals surface area contributed by atoms with Crippen LogP contribution < -0.4 is 9.47 Å². The maximum Gasteiger partial charge on any atom is 0.161 e.